The van der Waals surface area contributed by atoms with Crippen molar-refractivity contribution in [2.75, 3.05) is 13.7 Å². The van der Waals surface area contributed by atoms with Gasteiger partial charge in [-0.3, -0.25) is 4.79 Å². The van der Waals surface area contributed by atoms with Gasteiger partial charge in [0.05, 0.1) is 7.11 Å². The summed E-state index contributed by atoms with van der Waals surface area (Å²) >= 11 is 0. The Kier molecular flexibility index (Phi) is 17.0. The summed E-state index contributed by atoms with van der Waals surface area (Å²) in [5.74, 6) is -1.86. The third-order valence-corrected chi connectivity index (χ3v) is 3.96. The van der Waals surface area contributed by atoms with E-state index in [1.807, 2.05) is 30.3 Å². The van der Waals surface area contributed by atoms with Crippen LogP contribution in [0.1, 0.15) is 39.2 Å². The monoisotopic (exact) mass is 534 g/mol. The standard InChI is InChI=1S/C14H19NO4.C7H15N5O4.ClH/c1-14(2,3)19-13(18)15-11(12(16)17)9-10-7-5-4-6-8-10;1-16-6(13)5(8)3-2-4-10-7(9)11-12(14)15;/h4-8,11H,9H2,1-3H3,(H,15,18)(H,16,17);5H,2-4,8H2,1H3,(H3,9,10,11);1H/t11-;5-;/m10./s1. The van der Waals surface area contributed by atoms with E-state index >= 15 is 0 Å². The van der Waals surface area contributed by atoms with E-state index in [4.69, 9.17) is 21.3 Å². The summed E-state index contributed by atoms with van der Waals surface area (Å²) in [6, 6.07) is 7.42. The number of hydrazone groups is 1. The van der Waals surface area contributed by atoms with Gasteiger partial charge >= 0.3 is 18.0 Å². The Hall–Kier alpha value is -3.65. The molecule has 0 aliphatic heterocycles. The molecule has 1 rings (SSSR count). The van der Waals surface area contributed by atoms with Crippen LogP contribution in [0, 0.1) is 10.1 Å². The first-order valence-electron chi connectivity index (χ1n) is 10.6. The first kappa shape index (κ1) is 34.5. The number of esters is 1. The number of nitro groups is 1. The third-order valence-electron chi connectivity index (χ3n) is 3.96. The number of guanidine groups is 1. The SMILES string of the molecule is CC(C)(C)OC(=O)N[C@H](Cc1ccccc1)C(=O)O.COC(=O)[C@@H](N)CCCN/C(N)=N/[N+](=O)[O-].Cl. The molecule has 1 aromatic rings. The van der Waals surface area contributed by atoms with E-state index in [0.29, 0.717) is 19.4 Å². The maximum Gasteiger partial charge on any atom is 0.408 e. The fourth-order valence-electron chi connectivity index (χ4n) is 2.43. The van der Waals surface area contributed by atoms with Crippen molar-refractivity contribution in [1.29, 1.82) is 0 Å². The number of halogens is 1. The minimum atomic E-state index is -1.09. The second-order valence-corrected chi connectivity index (χ2v) is 8.15. The Labute approximate surface area is 215 Å². The summed E-state index contributed by atoms with van der Waals surface area (Å²) in [6.07, 6.45) is 0.404. The summed E-state index contributed by atoms with van der Waals surface area (Å²) in [5.41, 5.74) is 10.8. The van der Waals surface area contributed by atoms with Crippen molar-refractivity contribution in [2.45, 2.75) is 57.7 Å². The molecular weight excluding hydrogens is 500 g/mol. The van der Waals surface area contributed by atoms with E-state index in [1.54, 1.807) is 20.8 Å². The third kappa shape index (κ3) is 17.8. The number of ether oxygens (including phenoxy) is 2. The topological polar surface area (TPSA) is 222 Å². The summed E-state index contributed by atoms with van der Waals surface area (Å²) in [7, 11) is 1.25. The van der Waals surface area contributed by atoms with Crippen LogP contribution in [-0.4, -0.2) is 65.5 Å². The van der Waals surface area contributed by atoms with Crippen molar-refractivity contribution in [3.05, 3.63) is 46.0 Å². The zero-order valence-corrected chi connectivity index (χ0v) is 21.4. The number of amides is 1. The number of aliphatic carboxylic acids is 1. The van der Waals surface area contributed by atoms with Crippen LogP contribution in [0.3, 0.4) is 0 Å². The molecule has 0 aromatic heterocycles. The molecule has 1 amide bonds. The molecule has 0 aliphatic rings. The minimum absolute atomic E-state index is 0. The van der Waals surface area contributed by atoms with Crippen molar-refractivity contribution >= 4 is 36.4 Å². The molecule has 0 saturated carbocycles. The highest BCUT2D eigenvalue weighted by Crippen LogP contribution is 2.08. The molecule has 204 valence electrons. The lowest BCUT2D eigenvalue weighted by molar-refractivity contribution is -0.485. The highest BCUT2D eigenvalue weighted by Gasteiger charge is 2.24. The van der Waals surface area contributed by atoms with Gasteiger partial charge in [-0.2, -0.15) is 0 Å². The lowest BCUT2D eigenvalue weighted by Crippen LogP contribution is -2.44. The van der Waals surface area contributed by atoms with Crippen LogP contribution in [-0.2, 0) is 25.5 Å². The zero-order valence-electron chi connectivity index (χ0n) is 20.6. The number of nitrogens with zero attached hydrogens (tertiary/aromatic N) is 2. The lowest BCUT2D eigenvalue weighted by atomic mass is 10.1. The number of hydrogen-bond donors (Lipinski definition) is 5. The number of carboxylic acids is 1. The van der Waals surface area contributed by atoms with Gasteiger partial charge in [-0.05, 0) is 39.2 Å². The maximum absolute atomic E-state index is 11.6. The molecule has 0 bridgehead atoms. The number of benzene rings is 1. The van der Waals surface area contributed by atoms with E-state index < -0.39 is 40.7 Å². The molecule has 14 nitrogen and oxygen atoms in total. The minimum Gasteiger partial charge on any atom is -0.480 e. The molecule has 2 atom stereocenters. The van der Waals surface area contributed by atoms with Crippen LogP contribution in [0.4, 0.5) is 4.79 Å². The highest BCUT2D eigenvalue weighted by atomic mass is 35.5. The van der Waals surface area contributed by atoms with Gasteiger partial charge in [0.1, 0.15) is 22.8 Å². The van der Waals surface area contributed by atoms with Gasteiger partial charge in [0.15, 0.2) is 5.03 Å². The fraction of sp³-hybridized carbons (Fsp3) is 0.524. The van der Waals surface area contributed by atoms with Gasteiger partial charge in [0.25, 0.3) is 5.96 Å². The number of carbonyl (C=O) groups excluding carboxylic acids is 2. The number of nitrogens with one attached hydrogen (secondary N) is 2. The summed E-state index contributed by atoms with van der Waals surface area (Å²) in [6.45, 7) is 5.51. The molecular formula is C21H35ClN6O8. The normalized spacial score (nSPS) is 12.4. The fourth-order valence-corrected chi connectivity index (χ4v) is 2.43. The van der Waals surface area contributed by atoms with Gasteiger partial charge < -0.3 is 36.7 Å². The number of alkyl carbamates (subject to hydrolysis) is 1. The second kappa shape index (κ2) is 17.7. The molecule has 7 N–H and O–H groups in total. The van der Waals surface area contributed by atoms with E-state index in [0.717, 1.165) is 5.56 Å². The molecule has 0 heterocycles. The molecule has 0 aliphatic carbocycles. The summed E-state index contributed by atoms with van der Waals surface area (Å²) in [5, 5.41) is 25.8. The van der Waals surface area contributed by atoms with Crippen LogP contribution in [0.5, 0.6) is 0 Å². The zero-order chi connectivity index (χ0) is 27.0. The first-order valence-corrected chi connectivity index (χ1v) is 10.6. The highest BCUT2D eigenvalue weighted by molar-refractivity contribution is 5.85. The number of methoxy groups -OCH3 is 1. The van der Waals surface area contributed by atoms with Crippen LogP contribution >= 0.6 is 12.4 Å². The first-order chi connectivity index (χ1) is 16.2. The van der Waals surface area contributed by atoms with Gasteiger partial charge in [-0.15, -0.1) is 12.4 Å². The molecule has 0 unspecified atom stereocenters. The largest absolute Gasteiger partial charge is 0.480 e. The maximum atomic E-state index is 11.6. The Morgan fingerprint density at radius 3 is 2.28 bits per heavy atom. The molecule has 0 saturated heterocycles. The average Bonchev–Trinajstić information content (AvgIpc) is 2.74. The van der Waals surface area contributed by atoms with Crippen molar-refractivity contribution in [3.8, 4) is 0 Å². The van der Waals surface area contributed by atoms with Crippen LogP contribution in [0.15, 0.2) is 35.4 Å². The van der Waals surface area contributed by atoms with E-state index in [1.165, 1.54) is 7.11 Å². The second-order valence-electron chi connectivity index (χ2n) is 8.15. The quantitative estimate of drug-likeness (QED) is 0.0710. The number of carbonyl (C=O) groups is 3. The molecule has 15 heteroatoms. The van der Waals surface area contributed by atoms with Crippen LogP contribution < -0.4 is 22.1 Å². The van der Waals surface area contributed by atoms with Crippen molar-refractivity contribution in [1.82, 2.24) is 10.6 Å². The van der Waals surface area contributed by atoms with Crippen molar-refractivity contribution in [2.24, 2.45) is 16.6 Å². The Morgan fingerprint density at radius 1 is 1.22 bits per heavy atom. The molecule has 0 radical (unpaired) electrons. The van der Waals surface area contributed by atoms with Gasteiger partial charge in [0.2, 0.25) is 0 Å². The van der Waals surface area contributed by atoms with Gasteiger partial charge in [-0.1, -0.05) is 30.3 Å². The molecule has 0 fully saturated rings. The molecule has 0 spiro atoms. The van der Waals surface area contributed by atoms with Crippen LogP contribution in [0.2, 0.25) is 0 Å². The Balaban J connectivity index is 0. The number of nitrogens with two attached hydrogens (primary N) is 2. The van der Waals surface area contributed by atoms with Gasteiger partial charge in [0, 0.05) is 13.0 Å². The summed E-state index contributed by atoms with van der Waals surface area (Å²) < 4.78 is 9.46. The molecule has 1 aromatic carbocycles. The average molecular weight is 535 g/mol. The predicted molar refractivity (Wildman–Crippen MR) is 134 cm³/mol. The van der Waals surface area contributed by atoms with Crippen LogP contribution in [0.25, 0.3) is 0 Å². The van der Waals surface area contributed by atoms with Crippen molar-refractivity contribution in [3.63, 3.8) is 0 Å². The molecule has 36 heavy (non-hydrogen) atoms. The Bertz CT molecular complexity index is 864. The number of carboxylic acid groups (broad SMARTS) is 1. The summed E-state index contributed by atoms with van der Waals surface area (Å²) in [4.78, 5) is 43.5. The number of hydrogen-bond acceptors (Lipinski definition) is 8. The Morgan fingerprint density at radius 2 is 1.81 bits per heavy atom. The van der Waals surface area contributed by atoms with Crippen molar-refractivity contribution < 1.29 is 34.0 Å². The predicted octanol–water partition coefficient (Wildman–Crippen LogP) is 0.992. The smallest absolute Gasteiger partial charge is 0.408 e. The number of rotatable bonds is 10. The lowest BCUT2D eigenvalue weighted by Gasteiger charge is -2.22. The van der Waals surface area contributed by atoms with E-state index in [2.05, 4.69) is 20.5 Å². The van der Waals surface area contributed by atoms with E-state index in [-0.39, 0.29) is 24.8 Å². The van der Waals surface area contributed by atoms with Gasteiger partial charge in [-0.25, -0.2) is 19.7 Å². The van der Waals surface area contributed by atoms with E-state index in [9.17, 15) is 24.5 Å².